The van der Waals surface area contributed by atoms with E-state index in [1.807, 2.05) is 26.0 Å². The zero-order chi connectivity index (χ0) is 19.6. The van der Waals surface area contributed by atoms with Crippen LogP contribution in [0.5, 0.6) is 11.5 Å². The van der Waals surface area contributed by atoms with Gasteiger partial charge in [-0.15, -0.1) is 0 Å². The third-order valence-corrected chi connectivity index (χ3v) is 3.72. The van der Waals surface area contributed by atoms with Gasteiger partial charge >= 0.3 is 0 Å². The summed E-state index contributed by atoms with van der Waals surface area (Å²) in [6.45, 7) is 15.4. The van der Waals surface area contributed by atoms with Crippen molar-refractivity contribution in [1.82, 2.24) is 16.0 Å². The second kappa shape index (κ2) is 10.9. The minimum atomic E-state index is 0.0895. The van der Waals surface area contributed by atoms with Gasteiger partial charge in [0.05, 0.1) is 19.3 Å². The van der Waals surface area contributed by atoms with E-state index in [1.165, 1.54) is 0 Å². The van der Waals surface area contributed by atoms with Crippen LogP contribution in [0.2, 0.25) is 0 Å². The Balaban J connectivity index is 2.66. The average molecular weight is 365 g/mol. The van der Waals surface area contributed by atoms with E-state index in [2.05, 4.69) is 54.7 Å². The summed E-state index contributed by atoms with van der Waals surface area (Å²) in [5, 5.41) is 10.2. The van der Waals surface area contributed by atoms with Gasteiger partial charge in [-0.2, -0.15) is 0 Å². The number of nitrogens with one attached hydrogen (secondary N) is 3. The fourth-order valence-corrected chi connectivity index (χ4v) is 2.44. The zero-order valence-corrected chi connectivity index (χ0v) is 17.4. The number of guanidine groups is 1. The Morgan fingerprint density at radius 2 is 1.73 bits per heavy atom. The molecule has 0 aliphatic heterocycles. The summed E-state index contributed by atoms with van der Waals surface area (Å²) in [5.74, 6) is 2.33. The molecule has 3 N–H and O–H groups in total. The SMILES string of the molecule is CCOc1ccc(C(C)NC(=NC)NCCNC(C)(C)C)cc1OCC. The van der Waals surface area contributed by atoms with Crippen molar-refractivity contribution in [2.75, 3.05) is 33.4 Å². The second-order valence-corrected chi connectivity index (χ2v) is 7.11. The predicted octanol–water partition coefficient (Wildman–Crippen LogP) is 3.10. The van der Waals surface area contributed by atoms with Crippen molar-refractivity contribution in [2.45, 2.75) is 53.1 Å². The third kappa shape index (κ3) is 7.95. The molecule has 0 saturated heterocycles. The highest BCUT2D eigenvalue weighted by Gasteiger charge is 2.13. The van der Waals surface area contributed by atoms with Gasteiger partial charge in [0, 0.05) is 25.7 Å². The smallest absolute Gasteiger partial charge is 0.191 e. The lowest BCUT2D eigenvalue weighted by molar-refractivity contribution is 0.287. The number of hydrogen-bond acceptors (Lipinski definition) is 4. The molecule has 0 heterocycles. The lowest BCUT2D eigenvalue weighted by Crippen LogP contribution is -2.45. The van der Waals surface area contributed by atoms with Gasteiger partial charge in [0.15, 0.2) is 17.5 Å². The summed E-state index contributed by atoms with van der Waals surface area (Å²) in [6.07, 6.45) is 0. The van der Waals surface area contributed by atoms with Gasteiger partial charge in [-0.25, -0.2) is 0 Å². The summed E-state index contributed by atoms with van der Waals surface area (Å²) in [7, 11) is 1.78. The van der Waals surface area contributed by atoms with Crippen LogP contribution in [0.4, 0.5) is 0 Å². The Hall–Kier alpha value is -1.95. The van der Waals surface area contributed by atoms with E-state index in [0.717, 1.165) is 36.1 Å². The Morgan fingerprint density at radius 1 is 1.08 bits per heavy atom. The van der Waals surface area contributed by atoms with Crippen molar-refractivity contribution >= 4 is 5.96 Å². The van der Waals surface area contributed by atoms with Crippen molar-refractivity contribution in [3.05, 3.63) is 23.8 Å². The Morgan fingerprint density at radius 3 is 2.31 bits per heavy atom. The van der Waals surface area contributed by atoms with E-state index in [9.17, 15) is 0 Å². The lowest BCUT2D eigenvalue weighted by Gasteiger charge is -2.22. The number of nitrogens with zero attached hydrogens (tertiary/aromatic N) is 1. The van der Waals surface area contributed by atoms with Gasteiger partial charge in [-0.3, -0.25) is 4.99 Å². The summed E-state index contributed by atoms with van der Waals surface area (Å²) in [5.41, 5.74) is 1.23. The molecular formula is C20H36N4O2. The summed E-state index contributed by atoms with van der Waals surface area (Å²) < 4.78 is 11.3. The molecule has 0 spiro atoms. The fraction of sp³-hybridized carbons (Fsp3) is 0.650. The van der Waals surface area contributed by atoms with Crippen LogP contribution in [0, 0.1) is 0 Å². The Bertz CT molecular complexity index is 567. The fourth-order valence-electron chi connectivity index (χ4n) is 2.44. The van der Waals surface area contributed by atoms with Crippen LogP contribution in [-0.4, -0.2) is 44.8 Å². The molecule has 0 aromatic heterocycles. The van der Waals surface area contributed by atoms with E-state index in [-0.39, 0.29) is 11.6 Å². The van der Waals surface area contributed by atoms with E-state index >= 15 is 0 Å². The molecule has 0 aliphatic rings. The summed E-state index contributed by atoms with van der Waals surface area (Å²) >= 11 is 0. The highest BCUT2D eigenvalue weighted by Crippen LogP contribution is 2.30. The molecule has 1 aromatic carbocycles. The molecule has 0 fully saturated rings. The largest absolute Gasteiger partial charge is 0.490 e. The Labute approximate surface area is 158 Å². The molecular weight excluding hydrogens is 328 g/mol. The highest BCUT2D eigenvalue weighted by atomic mass is 16.5. The first-order valence-corrected chi connectivity index (χ1v) is 9.42. The molecule has 0 saturated carbocycles. The van der Waals surface area contributed by atoms with Gasteiger partial charge in [-0.1, -0.05) is 6.07 Å². The third-order valence-electron chi connectivity index (χ3n) is 3.72. The van der Waals surface area contributed by atoms with Crippen molar-refractivity contribution in [2.24, 2.45) is 4.99 Å². The maximum atomic E-state index is 5.72. The second-order valence-electron chi connectivity index (χ2n) is 7.11. The molecule has 0 amide bonds. The van der Waals surface area contributed by atoms with Gasteiger partial charge in [0.25, 0.3) is 0 Å². The molecule has 0 aliphatic carbocycles. The first-order valence-electron chi connectivity index (χ1n) is 9.42. The van der Waals surface area contributed by atoms with Crippen LogP contribution >= 0.6 is 0 Å². The van der Waals surface area contributed by atoms with Crippen molar-refractivity contribution < 1.29 is 9.47 Å². The maximum absolute atomic E-state index is 5.72. The first kappa shape index (κ1) is 22.1. The molecule has 26 heavy (non-hydrogen) atoms. The van der Waals surface area contributed by atoms with Crippen LogP contribution < -0.4 is 25.4 Å². The van der Waals surface area contributed by atoms with Gasteiger partial charge in [0.2, 0.25) is 0 Å². The molecule has 6 nitrogen and oxygen atoms in total. The summed E-state index contributed by atoms with van der Waals surface area (Å²) in [4.78, 5) is 4.30. The van der Waals surface area contributed by atoms with Crippen LogP contribution in [0.3, 0.4) is 0 Å². The van der Waals surface area contributed by atoms with E-state index in [4.69, 9.17) is 9.47 Å². The molecule has 6 heteroatoms. The van der Waals surface area contributed by atoms with E-state index in [0.29, 0.717) is 13.2 Å². The number of hydrogen-bond donors (Lipinski definition) is 3. The normalized spacial score (nSPS) is 13.3. The van der Waals surface area contributed by atoms with Crippen LogP contribution in [0.25, 0.3) is 0 Å². The van der Waals surface area contributed by atoms with Gasteiger partial charge in [-0.05, 0) is 59.2 Å². The average Bonchev–Trinajstić information content (AvgIpc) is 2.58. The molecule has 1 unspecified atom stereocenters. The monoisotopic (exact) mass is 364 g/mol. The van der Waals surface area contributed by atoms with Gasteiger partial charge in [0.1, 0.15) is 0 Å². The number of aliphatic imine (C=N–C) groups is 1. The van der Waals surface area contributed by atoms with Crippen molar-refractivity contribution in [1.29, 1.82) is 0 Å². The topological polar surface area (TPSA) is 66.9 Å². The summed E-state index contributed by atoms with van der Waals surface area (Å²) in [6, 6.07) is 6.14. The Kier molecular flexibility index (Phi) is 9.27. The molecule has 0 radical (unpaired) electrons. The molecule has 148 valence electrons. The molecule has 1 rings (SSSR count). The van der Waals surface area contributed by atoms with Crippen molar-refractivity contribution in [3.63, 3.8) is 0 Å². The quantitative estimate of drug-likeness (QED) is 0.357. The minimum absolute atomic E-state index is 0.0895. The van der Waals surface area contributed by atoms with Crippen LogP contribution in [-0.2, 0) is 0 Å². The number of ether oxygens (including phenoxy) is 2. The van der Waals surface area contributed by atoms with E-state index in [1.54, 1.807) is 7.05 Å². The van der Waals surface area contributed by atoms with Crippen LogP contribution in [0.1, 0.15) is 53.1 Å². The van der Waals surface area contributed by atoms with E-state index < -0.39 is 0 Å². The lowest BCUT2D eigenvalue weighted by atomic mass is 10.1. The van der Waals surface area contributed by atoms with Crippen molar-refractivity contribution in [3.8, 4) is 11.5 Å². The standard InChI is InChI=1S/C20H36N4O2/c1-8-25-17-11-10-16(14-18(17)26-9-2)15(3)24-19(21-7)22-12-13-23-20(4,5)6/h10-11,14-15,23H,8-9,12-13H2,1-7H3,(H2,21,22,24). The molecule has 1 aromatic rings. The molecule has 1 atom stereocenters. The van der Waals surface area contributed by atoms with Gasteiger partial charge < -0.3 is 25.4 Å². The zero-order valence-electron chi connectivity index (χ0n) is 17.4. The highest BCUT2D eigenvalue weighted by molar-refractivity contribution is 5.80. The number of rotatable bonds is 9. The predicted molar refractivity (Wildman–Crippen MR) is 109 cm³/mol. The molecule has 0 bridgehead atoms. The minimum Gasteiger partial charge on any atom is -0.490 e. The first-order chi connectivity index (χ1) is 12.3. The van der Waals surface area contributed by atoms with Crippen LogP contribution in [0.15, 0.2) is 23.2 Å². The number of benzene rings is 1. The maximum Gasteiger partial charge on any atom is 0.191 e.